The van der Waals surface area contributed by atoms with E-state index in [2.05, 4.69) is 21.9 Å². The van der Waals surface area contributed by atoms with Gasteiger partial charge in [-0.1, -0.05) is 24.4 Å². The molecule has 0 bridgehead atoms. The van der Waals surface area contributed by atoms with Crippen molar-refractivity contribution in [3.63, 3.8) is 0 Å². The summed E-state index contributed by atoms with van der Waals surface area (Å²) in [5, 5.41) is 8.50. The molecule has 0 aliphatic rings. The average Bonchev–Trinajstić information content (AvgIpc) is 2.42. The van der Waals surface area contributed by atoms with E-state index in [9.17, 15) is 9.59 Å². The van der Waals surface area contributed by atoms with Crippen LogP contribution in [0, 0.1) is 12.3 Å². The third-order valence-corrected chi connectivity index (χ3v) is 2.69. The number of halogens is 1. The monoisotopic (exact) mass is 293 g/mol. The molecule has 0 aliphatic heterocycles. The van der Waals surface area contributed by atoms with Gasteiger partial charge in [0.1, 0.15) is 0 Å². The van der Waals surface area contributed by atoms with Gasteiger partial charge in [-0.3, -0.25) is 14.9 Å². The molecule has 5 nitrogen and oxygen atoms in total. The second-order valence-electron chi connectivity index (χ2n) is 3.95. The zero-order chi connectivity index (χ0) is 15.0. The van der Waals surface area contributed by atoms with E-state index in [1.807, 2.05) is 0 Å². The Morgan fingerprint density at radius 2 is 2.05 bits per heavy atom. The lowest BCUT2D eigenvalue weighted by Gasteiger charge is -2.10. The van der Waals surface area contributed by atoms with E-state index in [0.29, 0.717) is 29.4 Å². The van der Waals surface area contributed by atoms with Gasteiger partial charge >= 0.3 is 0 Å². The zero-order valence-corrected chi connectivity index (χ0v) is 11.9. The van der Waals surface area contributed by atoms with Crippen molar-refractivity contribution in [2.24, 2.45) is 0 Å². The molecule has 0 fully saturated rings. The molecule has 2 amide bonds. The number of carbonyl (C=O) groups excluding carboxylic acids is 2. The number of rotatable bonds is 6. The predicted octanol–water partition coefficient (Wildman–Crippen LogP) is 1.85. The van der Waals surface area contributed by atoms with Gasteiger partial charge < -0.3 is 10.6 Å². The van der Waals surface area contributed by atoms with E-state index in [1.54, 1.807) is 25.1 Å². The summed E-state index contributed by atoms with van der Waals surface area (Å²) in [6, 6.07) is 4.88. The second-order valence-corrected chi connectivity index (χ2v) is 4.36. The highest BCUT2D eigenvalue weighted by Crippen LogP contribution is 2.25. The van der Waals surface area contributed by atoms with E-state index in [0.717, 1.165) is 0 Å². The Morgan fingerprint density at radius 1 is 1.30 bits per heavy atom. The maximum Gasteiger partial charge on any atom is 0.238 e. The molecule has 1 rings (SSSR count). The molecule has 1 aromatic carbocycles. The smallest absolute Gasteiger partial charge is 0.238 e. The molecule has 0 unspecified atom stereocenters. The largest absolute Gasteiger partial charge is 0.326 e. The maximum atomic E-state index is 11.6. The highest BCUT2D eigenvalue weighted by atomic mass is 35.5. The first kappa shape index (κ1) is 16.0. The van der Waals surface area contributed by atoms with Crippen LogP contribution >= 0.6 is 11.6 Å². The average molecular weight is 294 g/mol. The number of benzene rings is 1. The summed E-state index contributed by atoms with van der Waals surface area (Å²) in [7, 11) is 0. The Hall–Kier alpha value is -2.03. The molecule has 20 heavy (non-hydrogen) atoms. The van der Waals surface area contributed by atoms with Crippen molar-refractivity contribution in [3.8, 4) is 12.3 Å². The molecule has 3 N–H and O–H groups in total. The minimum absolute atomic E-state index is 0.0894. The van der Waals surface area contributed by atoms with Crippen LogP contribution in [0.15, 0.2) is 18.2 Å². The fourth-order valence-corrected chi connectivity index (χ4v) is 1.56. The number of carbonyl (C=O) groups is 2. The van der Waals surface area contributed by atoms with Crippen LogP contribution in [0.25, 0.3) is 0 Å². The highest BCUT2D eigenvalue weighted by Gasteiger charge is 2.07. The van der Waals surface area contributed by atoms with E-state index < -0.39 is 0 Å². The molecular weight excluding hydrogens is 278 g/mol. The Balaban J connectivity index is 2.69. The summed E-state index contributed by atoms with van der Waals surface area (Å²) in [6.45, 7) is 2.16. The van der Waals surface area contributed by atoms with Gasteiger partial charge in [0.2, 0.25) is 11.8 Å². The van der Waals surface area contributed by atoms with Gasteiger partial charge in [-0.2, -0.15) is 0 Å². The normalized spacial score (nSPS) is 9.65. The van der Waals surface area contributed by atoms with E-state index in [4.69, 9.17) is 18.0 Å². The van der Waals surface area contributed by atoms with Crippen molar-refractivity contribution in [2.45, 2.75) is 13.3 Å². The van der Waals surface area contributed by atoms with Crippen LogP contribution < -0.4 is 16.0 Å². The maximum absolute atomic E-state index is 11.6. The van der Waals surface area contributed by atoms with Crippen molar-refractivity contribution in [1.29, 1.82) is 0 Å². The molecule has 106 valence electrons. The summed E-state index contributed by atoms with van der Waals surface area (Å²) < 4.78 is 0. The summed E-state index contributed by atoms with van der Waals surface area (Å²) in [6.07, 6.45) is 5.44. The van der Waals surface area contributed by atoms with Gasteiger partial charge in [-0.05, 0) is 18.2 Å². The van der Waals surface area contributed by atoms with E-state index in [1.165, 1.54) is 0 Å². The van der Waals surface area contributed by atoms with Crippen LogP contribution in [-0.2, 0) is 9.59 Å². The summed E-state index contributed by atoms with van der Waals surface area (Å²) in [5.41, 5.74) is 1.02. The molecule has 0 spiro atoms. The van der Waals surface area contributed by atoms with Crippen molar-refractivity contribution >= 4 is 34.8 Å². The third kappa shape index (κ3) is 5.31. The molecule has 0 heterocycles. The van der Waals surface area contributed by atoms with Crippen LogP contribution in [0.3, 0.4) is 0 Å². The number of hydrogen-bond donors (Lipinski definition) is 3. The Labute approximate surface area is 123 Å². The van der Waals surface area contributed by atoms with Crippen LogP contribution in [0.2, 0.25) is 5.02 Å². The first-order valence-corrected chi connectivity index (χ1v) is 6.48. The Bertz CT molecular complexity index is 538. The van der Waals surface area contributed by atoms with Crippen LogP contribution in [0.4, 0.5) is 11.4 Å². The minimum atomic E-state index is -0.263. The third-order valence-electron chi connectivity index (χ3n) is 2.36. The molecule has 0 saturated carbocycles. The fraction of sp³-hybridized carbons (Fsp3) is 0.286. The number of anilines is 2. The second kappa shape index (κ2) is 8.20. The first-order valence-electron chi connectivity index (χ1n) is 6.10. The topological polar surface area (TPSA) is 70.2 Å². The van der Waals surface area contributed by atoms with Gasteiger partial charge in [0, 0.05) is 12.1 Å². The van der Waals surface area contributed by atoms with Crippen LogP contribution in [-0.4, -0.2) is 24.9 Å². The molecular formula is C14H16ClN3O2. The SMILES string of the molecule is C#CCNCC(=O)Nc1cc(NC(=O)CC)ccc1Cl. The van der Waals surface area contributed by atoms with E-state index in [-0.39, 0.29) is 18.4 Å². The Morgan fingerprint density at radius 3 is 2.70 bits per heavy atom. The summed E-state index contributed by atoms with van der Waals surface area (Å²) in [4.78, 5) is 23.0. The lowest BCUT2D eigenvalue weighted by atomic mass is 10.2. The van der Waals surface area contributed by atoms with Crippen molar-refractivity contribution in [1.82, 2.24) is 5.32 Å². The molecule has 1 aromatic rings. The molecule has 6 heteroatoms. The number of amides is 2. The molecule has 0 aromatic heterocycles. The summed E-state index contributed by atoms with van der Waals surface area (Å²) >= 11 is 5.99. The Kier molecular flexibility index (Phi) is 6.57. The zero-order valence-electron chi connectivity index (χ0n) is 11.1. The molecule has 0 atom stereocenters. The lowest BCUT2D eigenvalue weighted by Crippen LogP contribution is -2.28. The fourth-order valence-electron chi connectivity index (χ4n) is 1.39. The predicted molar refractivity (Wildman–Crippen MR) is 80.7 cm³/mol. The van der Waals surface area contributed by atoms with Crippen molar-refractivity contribution < 1.29 is 9.59 Å². The van der Waals surface area contributed by atoms with Gasteiger partial charge in [-0.15, -0.1) is 6.42 Å². The standard InChI is InChI=1S/C14H16ClN3O2/c1-3-7-16-9-14(20)18-12-8-10(5-6-11(12)15)17-13(19)4-2/h1,5-6,8,16H,4,7,9H2,2H3,(H,17,19)(H,18,20). The lowest BCUT2D eigenvalue weighted by molar-refractivity contribution is -0.116. The van der Waals surface area contributed by atoms with Gasteiger partial charge in [0.05, 0.1) is 23.8 Å². The van der Waals surface area contributed by atoms with Gasteiger partial charge in [0.15, 0.2) is 0 Å². The number of terminal acetylenes is 1. The van der Waals surface area contributed by atoms with Crippen molar-refractivity contribution in [2.75, 3.05) is 23.7 Å². The quantitative estimate of drug-likeness (QED) is 0.554. The number of hydrogen-bond acceptors (Lipinski definition) is 3. The van der Waals surface area contributed by atoms with Crippen LogP contribution in [0.5, 0.6) is 0 Å². The molecule has 0 radical (unpaired) electrons. The van der Waals surface area contributed by atoms with E-state index >= 15 is 0 Å². The van der Waals surface area contributed by atoms with Gasteiger partial charge in [-0.25, -0.2) is 0 Å². The molecule has 0 saturated heterocycles. The van der Waals surface area contributed by atoms with Crippen LogP contribution in [0.1, 0.15) is 13.3 Å². The highest BCUT2D eigenvalue weighted by molar-refractivity contribution is 6.33. The minimum Gasteiger partial charge on any atom is -0.326 e. The summed E-state index contributed by atoms with van der Waals surface area (Å²) in [5.74, 6) is 2.00. The molecule has 0 aliphatic carbocycles. The number of nitrogens with one attached hydrogen (secondary N) is 3. The van der Waals surface area contributed by atoms with Crippen molar-refractivity contribution in [3.05, 3.63) is 23.2 Å². The first-order chi connectivity index (χ1) is 9.56. The van der Waals surface area contributed by atoms with Gasteiger partial charge in [0.25, 0.3) is 0 Å².